The van der Waals surface area contributed by atoms with Crippen molar-refractivity contribution in [2.75, 3.05) is 7.11 Å². The molecule has 3 nitrogen and oxygen atoms in total. The van der Waals surface area contributed by atoms with Gasteiger partial charge in [0.15, 0.2) is 0 Å². The maximum Gasteiger partial charge on any atom is 0.207 e. The third-order valence-electron chi connectivity index (χ3n) is 1.98. The molecule has 1 aromatic carbocycles. The molecule has 0 spiro atoms. The monoisotopic (exact) mass is 213 g/mol. The van der Waals surface area contributed by atoms with Crippen molar-refractivity contribution in [1.82, 2.24) is 5.32 Å². The van der Waals surface area contributed by atoms with Crippen molar-refractivity contribution >= 4 is 18.0 Å². The molecular formula is C10H12ClNO2. The predicted molar refractivity (Wildman–Crippen MR) is 55.6 cm³/mol. The molecule has 0 saturated heterocycles. The molecule has 0 aliphatic heterocycles. The second-order valence-corrected chi connectivity index (χ2v) is 3.33. The highest BCUT2D eigenvalue weighted by atomic mass is 35.5. The van der Waals surface area contributed by atoms with Gasteiger partial charge in [-0.2, -0.15) is 0 Å². The zero-order valence-electron chi connectivity index (χ0n) is 8.08. The van der Waals surface area contributed by atoms with Gasteiger partial charge in [0.1, 0.15) is 5.75 Å². The van der Waals surface area contributed by atoms with E-state index in [0.29, 0.717) is 17.2 Å². The third kappa shape index (κ3) is 2.39. The summed E-state index contributed by atoms with van der Waals surface area (Å²) in [6.45, 7) is 1.88. The van der Waals surface area contributed by atoms with Gasteiger partial charge in [0, 0.05) is 10.6 Å². The number of carbonyl (C=O) groups excluding carboxylic acids is 1. The summed E-state index contributed by atoms with van der Waals surface area (Å²) in [4.78, 5) is 10.3. The highest BCUT2D eigenvalue weighted by Crippen LogP contribution is 2.27. The van der Waals surface area contributed by atoms with Crippen LogP contribution in [0.1, 0.15) is 18.5 Å². The molecule has 14 heavy (non-hydrogen) atoms. The zero-order chi connectivity index (χ0) is 10.6. The summed E-state index contributed by atoms with van der Waals surface area (Å²) in [5, 5.41) is 3.27. The van der Waals surface area contributed by atoms with Crippen LogP contribution in [0.3, 0.4) is 0 Å². The summed E-state index contributed by atoms with van der Waals surface area (Å²) in [5.74, 6) is 0.680. The summed E-state index contributed by atoms with van der Waals surface area (Å²) in [5.41, 5.74) is 0.906. The number of ether oxygens (including phenoxy) is 1. The van der Waals surface area contributed by atoms with E-state index in [-0.39, 0.29) is 6.04 Å². The Morgan fingerprint density at radius 2 is 2.29 bits per heavy atom. The van der Waals surface area contributed by atoms with Crippen LogP contribution in [0.2, 0.25) is 5.02 Å². The Morgan fingerprint density at radius 1 is 1.57 bits per heavy atom. The van der Waals surface area contributed by atoms with E-state index >= 15 is 0 Å². The van der Waals surface area contributed by atoms with Crippen molar-refractivity contribution in [3.05, 3.63) is 28.8 Å². The molecule has 0 aliphatic rings. The summed E-state index contributed by atoms with van der Waals surface area (Å²) in [6, 6.07) is 5.24. The van der Waals surface area contributed by atoms with Crippen molar-refractivity contribution < 1.29 is 9.53 Å². The minimum atomic E-state index is -0.0836. The summed E-state index contributed by atoms with van der Waals surface area (Å²) < 4.78 is 5.15. The quantitative estimate of drug-likeness (QED) is 0.779. The molecule has 0 bridgehead atoms. The van der Waals surface area contributed by atoms with Crippen molar-refractivity contribution in [1.29, 1.82) is 0 Å². The third-order valence-corrected chi connectivity index (χ3v) is 2.22. The molecule has 4 heteroatoms. The molecule has 1 unspecified atom stereocenters. The van der Waals surface area contributed by atoms with Gasteiger partial charge < -0.3 is 10.1 Å². The standard InChI is InChI=1S/C10H12ClNO2/c1-7(12-6-13)9-4-3-8(11)5-10(9)14-2/h3-7H,1-2H3,(H,12,13). The van der Waals surface area contributed by atoms with Gasteiger partial charge in [-0.3, -0.25) is 4.79 Å². The first-order valence-electron chi connectivity index (χ1n) is 4.22. The summed E-state index contributed by atoms with van der Waals surface area (Å²) in [7, 11) is 1.57. The normalized spacial score (nSPS) is 11.9. The smallest absolute Gasteiger partial charge is 0.207 e. The summed E-state index contributed by atoms with van der Waals surface area (Å²) in [6.07, 6.45) is 0.665. The lowest BCUT2D eigenvalue weighted by molar-refractivity contribution is -0.110. The lowest BCUT2D eigenvalue weighted by Crippen LogP contribution is -2.16. The largest absolute Gasteiger partial charge is 0.496 e. The van der Waals surface area contributed by atoms with Crippen LogP contribution in [-0.2, 0) is 4.79 Å². The van der Waals surface area contributed by atoms with Crippen LogP contribution >= 0.6 is 11.6 Å². The topological polar surface area (TPSA) is 38.3 Å². The van der Waals surface area contributed by atoms with E-state index in [1.165, 1.54) is 0 Å². The maximum atomic E-state index is 10.3. The van der Waals surface area contributed by atoms with Crippen molar-refractivity contribution in [2.24, 2.45) is 0 Å². The number of methoxy groups -OCH3 is 1. The number of benzene rings is 1. The minimum absolute atomic E-state index is 0.0836. The van der Waals surface area contributed by atoms with Crippen LogP contribution in [0, 0.1) is 0 Å². The molecule has 1 atom stereocenters. The van der Waals surface area contributed by atoms with E-state index in [1.54, 1.807) is 19.2 Å². The predicted octanol–water partition coefficient (Wildman–Crippen LogP) is 2.16. The first-order chi connectivity index (χ1) is 6.69. The summed E-state index contributed by atoms with van der Waals surface area (Å²) >= 11 is 5.81. The zero-order valence-corrected chi connectivity index (χ0v) is 8.84. The van der Waals surface area contributed by atoms with Crippen molar-refractivity contribution in [3.63, 3.8) is 0 Å². The molecule has 1 amide bonds. The molecule has 0 heterocycles. The van der Waals surface area contributed by atoms with Gasteiger partial charge in [0.05, 0.1) is 13.2 Å². The van der Waals surface area contributed by atoms with E-state index in [2.05, 4.69) is 5.32 Å². The van der Waals surface area contributed by atoms with Crippen LogP contribution < -0.4 is 10.1 Å². The molecular weight excluding hydrogens is 202 g/mol. The Labute approximate surface area is 88.0 Å². The molecule has 0 radical (unpaired) electrons. The van der Waals surface area contributed by atoms with Crippen molar-refractivity contribution in [3.8, 4) is 5.75 Å². The Hall–Kier alpha value is -1.22. The number of hydrogen-bond donors (Lipinski definition) is 1. The Kier molecular flexibility index (Phi) is 3.77. The Morgan fingerprint density at radius 3 is 2.86 bits per heavy atom. The lowest BCUT2D eigenvalue weighted by atomic mass is 10.1. The highest BCUT2D eigenvalue weighted by Gasteiger charge is 2.10. The highest BCUT2D eigenvalue weighted by molar-refractivity contribution is 6.30. The van der Waals surface area contributed by atoms with E-state index in [0.717, 1.165) is 5.56 Å². The number of nitrogens with one attached hydrogen (secondary N) is 1. The van der Waals surface area contributed by atoms with E-state index in [1.807, 2.05) is 13.0 Å². The van der Waals surface area contributed by atoms with E-state index in [9.17, 15) is 4.79 Å². The number of rotatable bonds is 4. The molecule has 1 rings (SSSR count). The van der Waals surface area contributed by atoms with Gasteiger partial charge in [-0.15, -0.1) is 0 Å². The second-order valence-electron chi connectivity index (χ2n) is 2.89. The average molecular weight is 214 g/mol. The van der Waals surface area contributed by atoms with Crippen LogP contribution in [-0.4, -0.2) is 13.5 Å². The Bertz CT molecular complexity index is 328. The number of amides is 1. The fourth-order valence-electron chi connectivity index (χ4n) is 1.23. The van der Waals surface area contributed by atoms with Gasteiger partial charge in [0.2, 0.25) is 6.41 Å². The van der Waals surface area contributed by atoms with Crippen LogP contribution in [0.4, 0.5) is 0 Å². The average Bonchev–Trinajstić information content (AvgIpc) is 2.17. The van der Waals surface area contributed by atoms with Gasteiger partial charge in [-0.1, -0.05) is 17.7 Å². The minimum Gasteiger partial charge on any atom is -0.496 e. The van der Waals surface area contributed by atoms with Crippen molar-refractivity contribution in [2.45, 2.75) is 13.0 Å². The lowest BCUT2D eigenvalue weighted by Gasteiger charge is -2.14. The van der Waals surface area contributed by atoms with Gasteiger partial charge >= 0.3 is 0 Å². The fraction of sp³-hybridized carbons (Fsp3) is 0.300. The molecule has 1 aromatic rings. The molecule has 76 valence electrons. The molecule has 0 fully saturated rings. The molecule has 1 N–H and O–H groups in total. The van der Waals surface area contributed by atoms with Gasteiger partial charge in [-0.25, -0.2) is 0 Å². The SMILES string of the molecule is COc1cc(Cl)ccc1C(C)NC=O. The molecule has 0 saturated carbocycles. The van der Waals surface area contributed by atoms with Gasteiger partial charge in [0.25, 0.3) is 0 Å². The fourth-order valence-corrected chi connectivity index (χ4v) is 1.40. The Balaban J connectivity index is 3.00. The molecule has 0 aliphatic carbocycles. The van der Waals surface area contributed by atoms with Crippen LogP contribution in [0.15, 0.2) is 18.2 Å². The van der Waals surface area contributed by atoms with E-state index in [4.69, 9.17) is 16.3 Å². The number of carbonyl (C=O) groups is 1. The maximum absolute atomic E-state index is 10.3. The van der Waals surface area contributed by atoms with Crippen LogP contribution in [0.5, 0.6) is 5.75 Å². The number of halogens is 1. The first-order valence-corrected chi connectivity index (χ1v) is 4.60. The van der Waals surface area contributed by atoms with E-state index < -0.39 is 0 Å². The second kappa shape index (κ2) is 4.86. The number of hydrogen-bond acceptors (Lipinski definition) is 2. The van der Waals surface area contributed by atoms with Crippen LogP contribution in [0.25, 0.3) is 0 Å². The molecule has 0 aromatic heterocycles. The van der Waals surface area contributed by atoms with Gasteiger partial charge in [-0.05, 0) is 19.1 Å². The first kappa shape index (κ1) is 10.9.